The zero-order valence-corrected chi connectivity index (χ0v) is 30.7. The van der Waals surface area contributed by atoms with Crippen LogP contribution in [0.3, 0.4) is 0 Å². The molecule has 0 aliphatic carbocycles. The second-order valence-electron chi connectivity index (χ2n) is 14.2. The third-order valence-corrected chi connectivity index (χ3v) is 12.2. The number of rotatable bonds is 6. The van der Waals surface area contributed by atoms with Crippen LogP contribution < -0.4 is 5.32 Å². The van der Waals surface area contributed by atoms with Crippen molar-refractivity contribution >= 4 is 75.5 Å². The Bertz CT molecular complexity index is 3220. The first-order valence-electron chi connectivity index (χ1n) is 18.8. The molecule has 0 radical (unpaired) electrons. The molecular formula is C52H34N2S. The Morgan fingerprint density at radius 2 is 0.945 bits per heavy atom. The Kier molecular flexibility index (Phi) is 7.39. The predicted octanol–water partition coefficient (Wildman–Crippen LogP) is 15.0. The van der Waals surface area contributed by atoms with Crippen molar-refractivity contribution in [2.24, 2.45) is 0 Å². The molecule has 55 heavy (non-hydrogen) atoms. The fourth-order valence-electron chi connectivity index (χ4n) is 8.49. The van der Waals surface area contributed by atoms with E-state index in [0.29, 0.717) is 0 Å². The van der Waals surface area contributed by atoms with Gasteiger partial charge < -0.3 is 9.88 Å². The van der Waals surface area contributed by atoms with Crippen LogP contribution in [0.4, 0.5) is 11.4 Å². The second-order valence-corrected chi connectivity index (χ2v) is 15.2. The van der Waals surface area contributed by atoms with Crippen molar-refractivity contribution in [2.75, 3.05) is 5.32 Å². The summed E-state index contributed by atoms with van der Waals surface area (Å²) in [6, 6.07) is 72.6. The molecule has 0 spiro atoms. The van der Waals surface area contributed by atoms with Crippen LogP contribution in [-0.4, -0.2) is 4.57 Å². The number of aromatic nitrogens is 1. The zero-order valence-electron chi connectivity index (χ0n) is 29.9. The molecular weight excluding hydrogens is 685 g/mol. The second kappa shape index (κ2) is 12.9. The number of thiophene rings is 1. The Balaban J connectivity index is 0.947. The van der Waals surface area contributed by atoms with Crippen LogP contribution in [0.1, 0.15) is 0 Å². The lowest BCUT2D eigenvalue weighted by molar-refractivity contribution is 1.18. The van der Waals surface area contributed by atoms with Gasteiger partial charge in [0.25, 0.3) is 0 Å². The Morgan fingerprint density at radius 1 is 0.345 bits per heavy atom. The first-order valence-corrected chi connectivity index (χ1v) is 19.6. The Morgan fingerprint density at radius 3 is 1.85 bits per heavy atom. The molecule has 0 saturated carbocycles. The minimum absolute atomic E-state index is 1.08. The third-order valence-electron chi connectivity index (χ3n) is 11.0. The van der Waals surface area contributed by atoms with Gasteiger partial charge in [-0.3, -0.25) is 0 Å². The van der Waals surface area contributed by atoms with Gasteiger partial charge in [0.05, 0.1) is 11.0 Å². The molecule has 11 aromatic rings. The maximum atomic E-state index is 3.85. The average molecular weight is 719 g/mol. The van der Waals surface area contributed by atoms with Crippen molar-refractivity contribution in [1.82, 2.24) is 4.57 Å². The van der Waals surface area contributed by atoms with Gasteiger partial charge in [-0.2, -0.15) is 0 Å². The van der Waals surface area contributed by atoms with E-state index in [4.69, 9.17) is 0 Å². The number of nitrogens with one attached hydrogen (secondary N) is 1. The summed E-state index contributed by atoms with van der Waals surface area (Å²) in [6.07, 6.45) is 0. The number of nitrogens with zero attached hydrogens (tertiary/aromatic N) is 1. The average Bonchev–Trinajstić information content (AvgIpc) is 3.80. The van der Waals surface area contributed by atoms with E-state index in [1.54, 1.807) is 0 Å². The number of hydrogen-bond donors (Lipinski definition) is 1. The van der Waals surface area contributed by atoms with Gasteiger partial charge >= 0.3 is 0 Å². The highest BCUT2D eigenvalue weighted by molar-refractivity contribution is 7.25. The minimum Gasteiger partial charge on any atom is -0.355 e. The zero-order chi connectivity index (χ0) is 36.3. The fourth-order valence-corrected chi connectivity index (χ4v) is 9.62. The summed E-state index contributed by atoms with van der Waals surface area (Å²) < 4.78 is 5.01. The summed E-state index contributed by atoms with van der Waals surface area (Å²) in [5, 5.41) is 11.5. The van der Waals surface area contributed by atoms with E-state index in [2.05, 4.69) is 210 Å². The fraction of sp³-hybridized carbons (Fsp3) is 0. The van der Waals surface area contributed by atoms with Gasteiger partial charge in [-0.25, -0.2) is 0 Å². The Hall–Kier alpha value is -6.94. The summed E-state index contributed by atoms with van der Waals surface area (Å²) in [5.41, 5.74) is 13.0. The molecule has 0 aliphatic heterocycles. The summed E-state index contributed by atoms with van der Waals surface area (Å²) >= 11 is 1.87. The van der Waals surface area contributed by atoms with Crippen LogP contribution in [0.15, 0.2) is 200 Å². The number of hydrogen-bond acceptors (Lipinski definition) is 2. The lowest BCUT2D eigenvalue weighted by Crippen LogP contribution is -1.95. The SMILES string of the molecule is c1ccc(-n2c3ccccc3c3cc(-c4ccc(-c5ccccc5Nc5cccc6c(-c7cccc8sc9ccccc9c78)cccc56)cc4)ccc32)cc1. The number of fused-ring (bicyclic) bond motifs is 7. The number of anilines is 2. The highest BCUT2D eigenvalue weighted by Gasteiger charge is 2.16. The molecule has 0 atom stereocenters. The molecule has 0 amide bonds. The largest absolute Gasteiger partial charge is 0.355 e. The van der Waals surface area contributed by atoms with Crippen molar-refractivity contribution in [3.63, 3.8) is 0 Å². The van der Waals surface area contributed by atoms with Crippen molar-refractivity contribution in [3.05, 3.63) is 200 Å². The molecule has 9 aromatic carbocycles. The van der Waals surface area contributed by atoms with Crippen molar-refractivity contribution in [2.45, 2.75) is 0 Å². The number of benzene rings is 9. The van der Waals surface area contributed by atoms with Crippen molar-refractivity contribution in [3.8, 4) is 39.1 Å². The minimum atomic E-state index is 1.08. The van der Waals surface area contributed by atoms with E-state index in [9.17, 15) is 0 Å². The van der Waals surface area contributed by atoms with Gasteiger partial charge in [-0.05, 0) is 87.8 Å². The lowest BCUT2D eigenvalue weighted by atomic mass is 9.94. The summed E-state index contributed by atoms with van der Waals surface area (Å²) in [6.45, 7) is 0. The van der Waals surface area contributed by atoms with Crippen LogP contribution >= 0.6 is 11.3 Å². The van der Waals surface area contributed by atoms with Gasteiger partial charge in [0.15, 0.2) is 0 Å². The lowest BCUT2D eigenvalue weighted by Gasteiger charge is -2.16. The van der Waals surface area contributed by atoms with Crippen LogP contribution in [0.2, 0.25) is 0 Å². The molecule has 0 unspecified atom stereocenters. The molecule has 258 valence electrons. The summed E-state index contributed by atoms with van der Waals surface area (Å²) in [7, 11) is 0. The molecule has 0 fully saturated rings. The van der Waals surface area contributed by atoms with Crippen LogP contribution in [0.5, 0.6) is 0 Å². The van der Waals surface area contributed by atoms with Crippen LogP contribution in [-0.2, 0) is 0 Å². The predicted molar refractivity (Wildman–Crippen MR) is 237 cm³/mol. The van der Waals surface area contributed by atoms with E-state index in [1.807, 2.05) is 11.3 Å². The highest BCUT2D eigenvalue weighted by Crippen LogP contribution is 2.43. The van der Waals surface area contributed by atoms with Crippen molar-refractivity contribution < 1.29 is 0 Å². The molecule has 11 rings (SSSR count). The van der Waals surface area contributed by atoms with Crippen LogP contribution in [0, 0.1) is 0 Å². The summed E-state index contributed by atoms with van der Waals surface area (Å²) in [4.78, 5) is 0. The number of para-hydroxylation sites is 3. The van der Waals surface area contributed by atoms with E-state index < -0.39 is 0 Å². The van der Waals surface area contributed by atoms with Gasteiger partial charge in [0.2, 0.25) is 0 Å². The molecule has 0 saturated heterocycles. The first kappa shape index (κ1) is 31.6. The highest BCUT2D eigenvalue weighted by atomic mass is 32.1. The molecule has 0 bridgehead atoms. The Labute approximate surface area is 323 Å². The molecule has 3 heteroatoms. The normalized spacial score (nSPS) is 11.6. The monoisotopic (exact) mass is 718 g/mol. The third kappa shape index (κ3) is 5.24. The van der Waals surface area contributed by atoms with E-state index in [0.717, 1.165) is 16.9 Å². The molecule has 2 nitrogen and oxygen atoms in total. The van der Waals surface area contributed by atoms with Crippen molar-refractivity contribution in [1.29, 1.82) is 0 Å². The standard InChI is InChI=1S/C52H34N2S/c1-2-13-37(14-3-1)54-48-24-8-5-16-42(48)45-33-36(31-32-49(45)54)34-27-29-35(30-28-34)38-15-4-7-22-46(38)53-47-23-11-19-39-40(18-10-20-41(39)47)43-21-12-26-51-52(43)44-17-6-9-25-50(44)55-51/h1-33,53H. The van der Waals surface area contributed by atoms with Gasteiger partial charge in [-0.15, -0.1) is 11.3 Å². The topological polar surface area (TPSA) is 17.0 Å². The van der Waals surface area contributed by atoms with Crippen LogP contribution in [0.25, 0.3) is 91.8 Å². The smallest absolute Gasteiger partial charge is 0.0541 e. The van der Waals surface area contributed by atoms with Gasteiger partial charge in [0, 0.05) is 59.0 Å². The molecule has 2 aromatic heterocycles. The van der Waals surface area contributed by atoms with Gasteiger partial charge in [0.1, 0.15) is 0 Å². The molecule has 1 N–H and O–H groups in total. The quantitative estimate of drug-likeness (QED) is 0.181. The maximum Gasteiger partial charge on any atom is 0.0541 e. The van der Waals surface area contributed by atoms with E-state index in [1.165, 1.54) is 86.3 Å². The summed E-state index contributed by atoms with van der Waals surface area (Å²) in [5.74, 6) is 0. The first-order chi connectivity index (χ1) is 27.3. The van der Waals surface area contributed by atoms with E-state index in [-0.39, 0.29) is 0 Å². The maximum absolute atomic E-state index is 3.85. The molecule has 0 aliphatic rings. The molecule has 2 heterocycles. The van der Waals surface area contributed by atoms with Gasteiger partial charge in [-0.1, -0.05) is 146 Å². The van der Waals surface area contributed by atoms with E-state index >= 15 is 0 Å².